The number of hydrogen-bond donors (Lipinski definition) is 1. The summed E-state index contributed by atoms with van der Waals surface area (Å²) in [5.74, 6) is 1.52. The molecule has 1 N–H and O–H groups in total. The van der Waals surface area contributed by atoms with Gasteiger partial charge in [-0.3, -0.25) is 4.79 Å². The minimum Gasteiger partial charge on any atom is -0.497 e. The highest BCUT2D eigenvalue weighted by Crippen LogP contribution is 2.41. The quantitative estimate of drug-likeness (QED) is 0.886. The number of methoxy groups -OCH3 is 1. The van der Waals surface area contributed by atoms with Crippen molar-refractivity contribution in [2.75, 3.05) is 7.11 Å². The lowest BCUT2D eigenvalue weighted by molar-refractivity contribution is -0.121. The Morgan fingerprint density at radius 3 is 2.67 bits per heavy atom. The molecule has 1 saturated carbocycles. The van der Waals surface area contributed by atoms with E-state index >= 15 is 0 Å². The van der Waals surface area contributed by atoms with Gasteiger partial charge in [0.2, 0.25) is 5.91 Å². The van der Waals surface area contributed by atoms with Gasteiger partial charge in [0.15, 0.2) is 0 Å². The zero-order valence-corrected chi connectivity index (χ0v) is 12.9. The molecule has 0 radical (unpaired) electrons. The molecule has 1 aromatic heterocycles. The second-order valence-corrected chi connectivity index (χ2v) is 6.44. The topological polar surface area (TPSA) is 38.3 Å². The van der Waals surface area contributed by atoms with Crippen molar-refractivity contribution in [2.45, 2.75) is 25.3 Å². The Hall–Kier alpha value is -1.81. The second kappa shape index (κ2) is 6.31. The number of carbonyl (C=O) groups is 1. The highest BCUT2D eigenvalue weighted by molar-refractivity contribution is 7.10. The lowest BCUT2D eigenvalue weighted by Gasteiger charge is -2.19. The molecule has 1 aliphatic carbocycles. The summed E-state index contributed by atoms with van der Waals surface area (Å²) >= 11 is 1.63. The van der Waals surface area contributed by atoms with E-state index in [2.05, 4.69) is 5.32 Å². The summed E-state index contributed by atoms with van der Waals surface area (Å²) in [6.45, 7) is 0. The molecular formula is C17H19NO2S. The normalized spacial score (nSPS) is 15.5. The average Bonchev–Trinajstić information content (AvgIpc) is 3.23. The van der Waals surface area contributed by atoms with Crippen LogP contribution in [0.3, 0.4) is 0 Å². The zero-order valence-electron chi connectivity index (χ0n) is 12.0. The predicted octanol–water partition coefficient (Wildman–Crippen LogP) is 3.57. The molecule has 0 saturated heterocycles. The molecule has 1 heterocycles. The summed E-state index contributed by atoms with van der Waals surface area (Å²) in [5, 5.41) is 5.20. The first-order valence-electron chi connectivity index (χ1n) is 7.22. The van der Waals surface area contributed by atoms with Crippen molar-refractivity contribution in [1.82, 2.24) is 5.32 Å². The third-order valence-electron chi connectivity index (χ3n) is 3.80. The molecule has 3 nitrogen and oxygen atoms in total. The van der Waals surface area contributed by atoms with Crippen molar-refractivity contribution < 1.29 is 9.53 Å². The van der Waals surface area contributed by atoms with E-state index in [1.165, 1.54) is 12.8 Å². The van der Waals surface area contributed by atoms with Crippen LogP contribution in [0.1, 0.15) is 29.3 Å². The number of nitrogens with one attached hydrogen (secondary N) is 1. The van der Waals surface area contributed by atoms with Gasteiger partial charge in [-0.1, -0.05) is 18.2 Å². The summed E-state index contributed by atoms with van der Waals surface area (Å²) in [4.78, 5) is 13.3. The van der Waals surface area contributed by atoms with E-state index in [1.807, 2.05) is 41.8 Å². The second-order valence-electron chi connectivity index (χ2n) is 5.41. The molecule has 4 heteroatoms. The van der Waals surface area contributed by atoms with Gasteiger partial charge in [0.1, 0.15) is 5.75 Å². The molecule has 1 atom stereocenters. The molecule has 1 aromatic carbocycles. The molecule has 110 valence electrons. The van der Waals surface area contributed by atoms with E-state index in [4.69, 9.17) is 4.74 Å². The fourth-order valence-electron chi connectivity index (χ4n) is 2.51. The maximum atomic E-state index is 12.2. The molecule has 0 bridgehead atoms. The average molecular weight is 301 g/mol. The van der Waals surface area contributed by atoms with Crippen molar-refractivity contribution in [3.8, 4) is 5.75 Å². The summed E-state index contributed by atoms with van der Waals surface area (Å²) in [7, 11) is 1.66. The fourth-order valence-corrected chi connectivity index (χ4v) is 3.21. The molecule has 1 unspecified atom stereocenters. The molecule has 0 aliphatic heterocycles. The van der Waals surface area contributed by atoms with Gasteiger partial charge in [-0.25, -0.2) is 0 Å². The van der Waals surface area contributed by atoms with Crippen LogP contribution >= 0.6 is 11.3 Å². The zero-order chi connectivity index (χ0) is 14.7. The number of benzene rings is 1. The largest absolute Gasteiger partial charge is 0.497 e. The fraction of sp³-hybridized carbons (Fsp3) is 0.353. The molecule has 3 rings (SSSR count). The Bertz CT molecular complexity index is 588. The van der Waals surface area contributed by atoms with Crippen molar-refractivity contribution in [3.05, 3.63) is 52.2 Å². The predicted molar refractivity (Wildman–Crippen MR) is 84.6 cm³/mol. The number of rotatable bonds is 6. The van der Waals surface area contributed by atoms with Gasteiger partial charge in [-0.05, 0) is 47.9 Å². The number of ether oxygens (including phenoxy) is 1. The third kappa shape index (κ3) is 3.64. The van der Waals surface area contributed by atoms with Crippen LogP contribution in [0.15, 0.2) is 41.8 Å². The van der Waals surface area contributed by atoms with Gasteiger partial charge < -0.3 is 10.1 Å². The molecule has 21 heavy (non-hydrogen) atoms. The van der Waals surface area contributed by atoms with Gasteiger partial charge in [0.25, 0.3) is 0 Å². The van der Waals surface area contributed by atoms with Crippen molar-refractivity contribution in [3.63, 3.8) is 0 Å². The lowest BCUT2D eigenvalue weighted by Crippen LogP contribution is -2.30. The van der Waals surface area contributed by atoms with Gasteiger partial charge in [-0.2, -0.15) is 0 Å². The Balaban J connectivity index is 1.67. The highest BCUT2D eigenvalue weighted by atomic mass is 32.1. The van der Waals surface area contributed by atoms with Gasteiger partial charge in [0.05, 0.1) is 19.6 Å². The Kier molecular flexibility index (Phi) is 4.25. The van der Waals surface area contributed by atoms with Crippen LogP contribution in [0.5, 0.6) is 5.75 Å². The van der Waals surface area contributed by atoms with Crippen molar-refractivity contribution in [2.24, 2.45) is 5.92 Å². The number of thiophene rings is 1. The van der Waals surface area contributed by atoms with E-state index in [9.17, 15) is 4.79 Å². The molecule has 1 fully saturated rings. The van der Waals surface area contributed by atoms with E-state index < -0.39 is 0 Å². The molecular weight excluding hydrogens is 282 g/mol. The summed E-state index contributed by atoms with van der Waals surface area (Å²) in [6, 6.07) is 12.1. The van der Waals surface area contributed by atoms with Crippen LogP contribution < -0.4 is 10.1 Å². The SMILES string of the molecule is COc1ccc(C(NC(=O)Cc2cccs2)C2CC2)cc1. The van der Waals surface area contributed by atoms with E-state index in [1.54, 1.807) is 18.4 Å². The minimum atomic E-state index is 0.102. The first-order valence-corrected chi connectivity index (χ1v) is 8.10. The molecule has 2 aromatic rings. The van der Waals surface area contributed by atoms with Crippen LogP contribution in [0.25, 0.3) is 0 Å². The molecule has 1 aliphatic rings. The van der Waals surface area contributed by atoms with Crippen LogP contribution in [0.2, 0.25) is 0 Å². The first kappa shape index (κ1) is 14.1. The van der Waals surface area contributed by atoms with Crippen molar-refractivity contribution in [1.29, 1.82) is 0 Å². The van der Waals surface area contributed by atoms with Crippen LogP contribution in [-0.4, -0.2) is 13.0 Å². The van der Waals surface area contributed by atoms with Gasteiger partial charge in [0, 0.05) is 4.88 Å². The minimum absolute atomic E-state index is 0.102. The Morgan fingerprint density at radius 2 is 2.10 bits per heavy atom. The number of amides is 1. The van der Waals surface area contributed by atoms with E-state index in [-0.39, 0.29) is 11.9 Å². The maximum absolute atomic E-state index is 12.2. The summed E-state index contributed by atoms with van der Waals surface area (Å²) in [6.07, 6.45) is 2.85. The van der Waals surface area contributed by atoms with Crippen LogP contribution in [0.4, 0.5) is 0 Å². The van der Waals surface area contributed by atoms with Crippen LogP contribution in [-0.2, 0) is 11.2 Å². The Morgan fingerprint density at radius 1 is 1.33 bits per heavy atom. The summed E-state index contributed by atoms with van der Waals surface area (Å²) < 4.78 is 5.19. The summed E-state index contributed by atoms with van der Waals surface area (Å²) in [5.41, 5.74) is 1.16. The number of hydrogen-bond acceptors (Lipinski definition) is 3. The first-order chi connectivity index (χ1) is 10.3. The standard InChI is InChI=1S/C17H19NO2S/c1-20-14-8-6-13(7-9-14)17(12-4-5-12)18-16(19)11-15-3-2-10-21-15/h2-3,6-10,12,17H,4-5,11H2,1H3,(H,18,19). The third-order valence-corrected chi connectivity index (χ3v) is 4.68. The van der Waals surface area contributed by atoms with Gasteiger partial charge >= 0.3 is 0 Å². The Labute approximate surface area is 129 Å². The van der Waals surface area contributed by atoms with Crippen LogP contribution in [0, 0.1) is 5.92 Å². The van der Waals surface area contributed by atoms with Crippen molar-refractivity contribution >= 4 is 17.2 Å². The smallest absolute Gasteiger partial charge is 0.225 e. The van der Waals surface area contributed by atoms with Gasteiger partial charge in [-0.15, -0.1) is 11.3 Å². The monoisotopic (exact) mass is 301 g/mol. The maximum Gasteiger partial charge on any atom is 0.225 e. The van der Waals surface area contributed by atoms with E-state index in [0.717, 1.165) is 16.2 Å². The lowest BCUT2D eigenvalue weighted by atomic mass is 10.0. The van der Waals surface area contributed by atoms with E-state index in [0.29, 0.717) is 12.3 Å². The molecule has 1 amide bonds. The molecule has 0 spiro atoms. The number of carbonyl (C=O) groups excluding carboxylic acids is 1. The highest BCUT2D eigenvalue weighted by Gasteiger charge is 2.33.